The van der Waals surface area contributed by atoms with Gasteiger partial charge in [-0.2, -0.15) is 0 Å². The Kier molecular flexibility index (Phi) is 5.30. The Morgan fingerprint density at radius 2 is 1.07 bits per heavy atom. The number of hydrogen-bond acceptors (Lipinski definition) is 8. The molecule has 27 heavy (non-hydrogen) atoms. The third kappa shape index (κ3) is 4.27. The molecule has 0 heterocycles. The van der Waals surface area contributed by atoms with Crippen molar-refractivity contribution < 1.29 is 26.7 Å². The number of hydrogen-bond donors (Lipinski definition) is 1. The van der Waals surface area contributed by atoms with Crippen molar-refractivity contribution in [3.05, 3.63) is 67.8 Å². The molecule has 1 N–H and O–H groups in total. The molecule has 13 heteroatoms. The van der Waals surface area contributed by atoms with Crippen LogP contribution in [0.1, 0.15) is 11.1 Å². The Hall–Kier alpha value is -2.90. The molecule has 0 fully saturated rings. The number of benzene rings is 2. The van der Waals surface area contributed by atoms with Crippen LogP contribution in [0, 0.1) is 34.1 Å². The minimum atomic E-state index is -4.71. The molecule has 0 unspecified atom stereocenters. The molecule has 0 aliphatic heterocycles. The number of nitro benzene ring substituents is 2. The summed E-state index contributed by atoms with van der Waals surface area (Å²) in [5.41, 5.74) is -0.909. The maximum absolute atomic E-state index is 12.5. The van der Waals surface area contributed by atoms with Gasteiger partial charge in [0, 0.05) is 24.3 Å². The number of sulfonamides is 2. The number of aryl methyl sites for hydroxylation is 2. The molecule has 0 aliphatic carbocycles. The van der Waals surface area contributed by atoms with Crippen molar-refractivity contribution in [1.29, 1.82) is 0 Å². The Bertz CT molecular complexity index is 1070. The standard InChI is InChI=1S/C14H13N3O8S2/c1-9-3-5-11(16(18)19)7-13(9)26(22,23)15-27(24,25)14-8-12(17(20)21)6-4-10(14)2/h3-8,15H,1-2H3. The van der Waals surface area contributed by atoms with Crippen LogP contribution < -0.4 is 4.13 Å². The van der Waals surface area contributed by atoms with Crippen LogP contribution in [0.3, 0.4) is 0 Å². The summed E-state index contributed by atoms with van der Waals surface area (Å²) in [7, 11) is -9.43. The fraction of sp³-hybridized carbons (Fsp3) is 0.143. The van der Waals surface area contributed by atoms with Crippen molar-refractivity contribution in [2.75, 3.05) is 0 Å². The van der Waals surface area contributed by atoms with Gasteiger partial charge in [0.1, 0.15) is 0 Å². The highest BCUT2D eigenvalue weighted by molar-refractivity contribution is 8.04. The van der Waals surface area contributed by atoms with E-state index in [0.717, 1.165) is 36.4 Å². The first-order chi connectivity index (χ1) is 12.3. The zero-order valence-corrected chi connectivity index (χ0v) is 15.6. The van der Waals surface area contributed by atoms with Crippen molar-refractivity contribution in [3.63, 3.8) is 0 Å². The quantitative estimate of drug-likeness (QED) is 0.550. The van der Waals surface area contributed by atoms with E-state index in [1.54, 1.807) is 0 Å². The second kappa shape index (κ2) is 7.02. The van der Waals surface area contributed by atoms with E-state index in [0.29, 0.717) is 0 Å². The van der Waals surface area contributed by atoms with Crippen molar-refractivity contribution in [3.8, 4) is 0 Å². The zero-order chi connectivity index (χ0) is 20.6. The monoisotopic (exact) mass is 415 g/mol. The summed E-state index contributed by atoms with van der Waals surface area (Å²) in [5.74, 6) is 0. The SMILES string of the molecule is Cc1ccc([N+](=O)[O-])cc1S(=O)(=O)NS(=O)(=O)c1cc([N+](=O)[O-])ccc1C. The minimum Gasteiger partial charge on any atom is -0.258 e. The summed E-state index contributed by atoms with van der Waals surface area (Å²) in [6.45, 7) is 2.67. The lowest BCUT2D eigenvalue weighted by atomic mass is 10.2. The molecule has 0 saturated heterocycles. The molecule has 2 aromatic carbocycles. The normalized spacial score (nSPS) is 11.9. The van der Waals surface area contributed by atoms with Crippen LogP contribution in [0.2, 0.25) is 0 Å². The number of nitro groups is 2. The van der Waals surface area contributed by atoms with Gasteiger partial charge in [-0.1, -0.05) is 12.1 Å². The van der Waals surface area contributed by atoms with Gasteiger partial charge >= 0.3 is 0 Å². The summed E-state index contributed by atoms with van der Waals surface area (Å²) in [4.78, 5) is 18.9. The van der Waals surface area contributed by atoms with Crippen molar-refractivity contribution in [2.45, 2.75) is 23.6 Å². The zero-order valence-electron chi connectivity index (χ0n) is 13.9. The molecular formula is C14H13N3O8S2. The molecule has 0 aliphatic rings. The molecule has 144 valence electrons. The average molecular weight is 415 g/mol. The molecule has 2 rings (SSSR count). The Balaban J connectivity index is 2.55. The summed E-state index contributed by atoms with van der Waals surface area (Å²) < 4.78 is 51.5. The highest BCUT2D eigenvalue weighted by Gasteiger charge is 2.29. The van der Waals surface area contributed by atoms with Crippen LogP contribution in [0.5, 0.6) is 0 Å². The second-order valence-corrected chi connectivity index (χ2v) is 9.06. The highest BCUT2D eigenvalue weighted by Crippen LogP contribution is 2.25. The largest absolute Gasteiger partial charge is 0.270 e. The van der Waals surface area contributed by atoms with Gasteiger partial charge in [0.15, 0.2) is 0 Å². The molecule has 0 amide bonds. The third-order valence-corrected chi connectivity index (χ3v) is 7.36. The van der Waals surface area contributed by atoms with Crippen molar-refractivity contribution >= 4 is 31.4 Å². The molecule has 0 saturated carbocycles. The lowest BCUT2D eigenvalue weighted by Crippen LogP contribution is -2.31. The molecule has 0 spiro atoms. The van der Waals surface area contributed by atoms with E-state index in [9.17, 15) is 37.1 Å². The van der Waals surface area contributed by atoms with Gasteiger partial charge in [0.05, 0.1) is 19.6 Å². The lowest BCUT2D eigenvalue weighted by molar-refractivity contribution is -0.385. The maximum atomic E-state index is 12.5. The predicted molar refractivity (Wildman–Crippen MR) is 93.2 cm³/mol. The highest BCUT2D eigenvalue weighted by atomic mass is 32.3. The number of nitrogens with one attached hydrogen (secondary N) is 1. The van der Waals surface area contributed by atoms with Gasteiger partial charge < -0.3 is 0 Å². The van der Waals surface area contributed by atoms with Gasteiger partial charge in [-0.25, -0.2) is 16.8 Å². The fourth-order valence-corrected chi connectivity index (χ4v) is 5.63. The van der Waals surface area contributed by atoms with Crippen LogP contribution >= 0.6 is 0 Å². The number of nitrogens with zero attached hydrogens (tertiary/aromatic N) is 2. The van der Waals surface area contributed by atoms with Crippen LogP contribution in [-0.4, -0.2) is 26.7 Å². The van der Waals surface area contributed by atoms with E-state index >= 15 is 0 Å². The Labute approximate surface area is 154 Å². The molecular weight excluding hydrogens is 402 g/mol. The minimum absolute atomic E-state index is 0.0825. The van der Waals surface area contributed by atoms with Gasteiger partial charge in [-0.15, -0.1) is 4.13 Å². The first-order valence-corrected chi connectivity index (χ1v) is 10.1. The van der Waals surface area contributed by atoms with E-state index in [2.05, 4.69) is 0 Å². The summed E-state index contributed by atoms with van der Waals surface area (Å²) >= 11 is 0. The van der Waals surface area contributed by atoms with Crippen LogP contribution in [-0.2, 0) is 20.0 Å². The van der Waals surface area contributed by atoms with E-state index in [1.165, 1.54) is 18.0 Å². The third-order valence-electron chi connectivity index (χ3n) is 3.56. The number of non-ortho nitro benzene ring substituents is 2. The molecule has 11 nitrogen and oxygen atoms in total. The van der Waals surface area contributed by atoms with Gasteiger partial charge in [-0.05, 0) is 25.0 Å². The smallest absolute Gasteiger partial charge is 0.258 e. The second-order valence-electron chi connectivity index (χ2n) is 5.50. The molecule has 0 bridgehead atoms. The van der Waals surface area contributed by atoms with E-state index in [-0.39, 0.29) is 11.1 Å². The molecule has 2 aromatic rings. The average Bonchev–Trinajstić information content (AvgIpc) is 2.53. The van der Waals surface area contributed by atoms with Gasteiger partial charge in [0.2, 0.25) is 0 Å². The number of rotatable bonds is 6. The Morgan fingerprint density at radius 3 is 1.37 bits per heavy atom. The summed E-state index contributed by atoms with van der Waals surface area (Å²) in [6, 6.07) is 5.94. The Morgan fingerprint density at radius 1 is 0.741 bits per heavy atom. The topological polar surface area (TPSA) is 167 Å². The lowest BCUT2D eigenvalue weighted by Gasteiger charge is -2.11. The van der Waals surface area contributed by atoms with E-state index < -0.39 is 51.1 Å². The first kappa shape index (κ1) is 20.4. The van der Waals surface area contributed by atoms with Crippen LogP contribution in [0.25, 0.3) is 0 Å². The molecule has 0 radical (unpaired) electrons. The van der Waals surface area contributed by atoms with Crippen LogP contribution in [0.4, 0.5) is 11.4 Å². The van der Waals surface area contributed by atoms with Crippen LogP contribution in [0.15, 0.2) is 46.2 Å². The summed E-state index contributed by atoms with van der Waals surface area (Å²) in [5, 5.41) is 21.7. The van der Waals surface area contributed by atoms with Gasteiger partial charge in [-0.3, -0.25) is 20.2 Å². The molecule has 0 aromatic heterocycles. The van der Waals surface area contributed by atoms with Crippen molar-refractivity contribution in [1.82, 2.24) is 4.13 Å². The molecule has 0 atom stereocenters. The predicted octanol–water partition coefficient (Wildman–Crippen LogP) is 1.79. The van der Waals surface area contributed by atoms with E-state index in [4.69, 9.17) is 0 Å². The first-order valence-electron chi connectivity index (χ1n) is 7.14. The fourth-order valence-electron chi connectivity index (χ4n) is 2.22. The maximum Gasteiger partial charge on any atom is 0.270 e. The van der Waals surface area contributed by atoms with Crippen molar-refractivity contribution in [2.24, 2.45) is 0 Å². The van der Waals surface area contributed by atoms with E-state index in [1.807, 2.05) is 0 Å². The van der Waals surface area contributed by atoms with Gasteiger partial charge in [0.25, 0.3) is 31.4 Å². The summed E-state index contributed by atoms with van der Waals surface area (Å²) in [6.07, 6.45) is 0.